The lowest BCUT2D eigenvalue weighted by molar-refractivity contribution is 0.885. The van der Waals surface area contributed by atoms with Crippen LogP contribution in [0.1, 0.15) is 18.5 Å². The third-order valence-corrected chi connectivity index (χ3v) is 3.68. The van der Waals surface area contributed by atoms with Crippen LogP contribution in [0.4, 0.5) is 5.69 Å². The number of benzene rings is 3. The highest BCUT2D eigenvalue weighted by Gasteiger charge is 2.08. The summed E-state index contributed by atoms with van der Waals surface area (Å²) < 4.78 is 0. The molecule has 0 heterocycles. The summed E-state index contributed by atoms with van der Waals surface area (Å²) in [6.07, 6.45) is 0. The predicted octanol–water partition coefficient (Wildman–Crippen LogP) is 5.53. The number of hydrogen-bond donors (Lipinski definition) is 1. The van der Waals surface area contributed by atoms with Crippen molar-refractivity contribution in [3.63, 3.8) is 0 Å². The second-order valence-corrected chi connectivity index (χ2v) is 5.19. The van der Waals surface area contributed by atoms with Crippen molar-refractivity contribution in [2.75, 3.05) is 5.32 Å². The van der Waals surface area contributed by atoms with Crippen LogP contribution >= 0.6 is 0 Å². The fourth-order valence-corrected chi connectivity index (χ4v) is 2.54. The van der Waals surface area contributed by atoms with Gasteiger partial charge in [-0.3, -0.25) is 0 Å². The molecule has 0 aromatic heterocycles. The summed E-state index contributed by atoms with van der Waals surface area (Å²) in [6, 6.07) is 29.8. The fraction of sp³-hybridized carbons (Fsp3) is 0.100. The second-order valence-electron chi connectivity index (χ2n) is 5.19. The Balaban J connectivity index is 1.90. The van der Waals surface area contributed by atoms with Crippen LogP contribution in [0.25, 0.3) is 11.1 Å². The van der Waals surface area contributed by atoms with E-state index < -0.39 is 0 Å². The van der Waals surface area contributed by atoms with Gasteiger partial charge in [-0.05, 0) is 24.1 Å². The minimum absolute atomic E-state index is 0.274. The van der Waals surface area contributed by atoms with Gasteiger partial charge < -0.3 is 5.32 Å². The van der Waals surface area contributed by atoms with E-state index in [9.17, 15) is 0 Å². The second kappa shape index (κ2) is 6.27. The standard InChI is InChI=1S/C20H19N/c1-16(17-10-4-2-5-11-17)21-20-15-9-8-14-19(20)18-12-6-3-7-13-18/h2-16,21H,1H3/t16-/m1/s1. The molecule has 21 heavy (non-hydrogen) atoms. The lowest BCUT2D eigenvalue weighted by Gasteiger charge is -2.18. The van der Waals surface area contributed by atoms with Crippen molar-refractivity contribution in [3.8, 4) is 11.1 Å². The maximum atomic E-state index is 3.63. The van der Waals surface area contributed by atoms with E-state index in [0.29, 0.717) is 0 Å². The van der Waals surface area contributed by atoms with Crippen molar-refractivity contribution in [1.29, 1.82) is 0 Å². The van der Waals surface area contributed by atoms with Gasteiger partial charge in [0.1, 0.15) is 0 Å². The van der Waals surface area contributed by atoms with E-state index in [-0.39, 0.29) is 6.04 Å². The van der Waals surface area contributed by atoms with Crippen molar-refractivity contribution in [1.82, 2.24) is 0 Å². The summed E-state index contributed by atoms with van der Waals surface area (Å²) in [5.41, 5.74) is 4.93. The van der Waals surface area contributed by atoms with E-state index in [2.05, 4.69) is 85.0 Å². The average Bonchev–Trinajstić information content (AvgIpc) is 2.57. The first-order valence-corrected chi connectivity index (χ1v) is 7.30. The van der Waals surface area contributed by atoms with Crippen LogP contribution in [0.15, 0.2) is 84.9 Å². The molecule has 0 spiro atoms. The van der Waals surface area contributed by atoms with Crippen LogP contribution in [0.3, 0.4) is 0 Å². The molecule has 104 valence electrons. The van der Waals surface area contributed by atoms with Gasteiger partial charge >= 0.3 is 0 Å². The van der Waals surface area contributed by atoms with Crippen molar-refractivity contribution in [2.45, 2.75) is 13.0 Å². The molecule has 0 aliphatic heterocycles. The van der Waals surface area contributed by atoms with E-state index in [4.69, 9.17) is 0 Å². The molecule has 0 aliphatic carbocycles. The van der Waals surface area contributed by atoms with Gasteiger partial charge in [-0.2, -0.15) is 0 Å². The smallest absolute Gasteiger partial charge is 0.0485 e. The van der Waals surface area contributed by atoms with Gasteiger partial charge in [0.05, 0.1) is 0 Å². The lowest BCUT2D eigenvalue weighted by Crippen LogP contribution is -2.07. The molecule has 1 N–H and O–H groups in total. The highest BCUT2D eigenvalue weighted by atomic mass is 14.9. The predicted molar refractivity (Wildman–Crippen MR) is 90.4 cm³/mol. The first kappa shape index (κ1) is 13.4. The first-order valence-electron chi connectivity index (χ1n) is 7.30. The molecule has 0 unspecified atom stereocenters. The Bertz CT molecular complexity index is 689. The summed E-state index contributed by atoms with van der Waals surface area (Å²) in [5, 5.41) is 3.63. The van der Waals surface area contributed by atoms with Gasteiger partial charge in [-0.1, -0.05) is 78.9 Å². The van der Waals surface area contributed by atoms with Gasteiger partial charge in [0.25, 0.3) is 0 Å². The quantitative estimate of drug-likeness (QED) is 0.659. The maximum absolute atomic E-state index is 3.63. The van der Waals surface area contributed by atoms with E-state index in [1.807, 2.05) is 12.1 Å². The number of para-hydroxylation sites is 1. The molecule has 0 fully saturated rings. The summed E-state index contributed by atoms with van der Waals surface area (Å²) in [6.45, 7) is 2.19. The van der Waals surface area contributed by atoms with Crippen molar-refractivity contribution >= 4 is 5.69 Å². The Kier molecular flexibility index (Phi) is 4.02. The Morgan fingerprint density at radius 2 is 1.24 bits per heavy atom. The molecule has 0 saturated carbocycles. The molecular formula is C20H19N. The van der Waals surface area contributed by atoms with Gasteiger partial charge in [0.2, 0.25) is 0 Å². The molecule has 0 aliphatic rings. The molecule has 1 heteroatoms. The summed E-state index contributed by atoms with van der Waals surface area (Å²) in [5.74, 6) is 0. The van der Waals surface area contributed by atoms with E-state index >= 15 is 0 Å². The molecule has 3 aromatic rings. The largest absolute Gasteiger partial charge is 0.378 e. The van der Waals surface area contributed by atoms with E-state index in [1.165, 1.54) is 22.4 Å². The van der Waals surface area contributed by atoms with Crippen LogP contribution in [-0.4, -0.2) is 0 Å². The first-order chi connectivity index (χ1) is 10.3. The molecule has 0 amide bonds. The summed E-state index contributed by atoms with van der Waals surface area (Å²) in [4.78, 5) is 0. The minimum Gasteiger partial charge on any atom is -0.378 e. The molecule has 3 aromatic carbocycles. The number of anilines is 1. The third-order valence-electron chi connectivity index (χ3n) is 3.68. The Morgan fingerprint density at radius 3 is 1.95 bits per heavy atom. The highest BCUT2D eigenvalue weighted by molar-refractivity contribution is 5.78. The molecule has 3 rings (SSSR count). The van der Waals surface area contributed by atoms with Gasteiger partial charge in [0, 0.05) is 17.3 Å². The van der Waals surface area contributed by atoms with E-state index in [0.717, 1.165) is 0 Å². The normalized spacial score (nSPS) is 11.9. The lowest BCUT2D eigenvalue weighted by atomic mass is 10.0. The van der Waals surface area contributed by atoms with Gasteiger partial charge in [0.15, 0.2) is 0 Å². The Hall–Kier alpha value is -2.54. The number of hydrogen-bond acceptors (Lipinski definition) is 1. The number of nitrogens with one attached hydrogen (secondary N) is 1. The zero-order chi connectivity index (χ0) is 14.5. The van der Waals surface area contributed by atoms with Crippen LogP contribution in [-0.2, 0) is 0 Å². The molecule has 1 atom stereocenters. The topological polar surface area (TPSA) is 12.0 Å². The summed E-state index contributed by atoms with van der Waals surface area (Å²) >= 11 is 0. The van der Waals surface area contributed by atoms with Gasteiger partial charge in [-0.15, -0.1) is 0 Å². The zero-order valence-electron chi connectivity index (χ0n) is 12.2. The zero-order valence-corrected chi connectivity index (χ0v) is 12.2. The van der Waals surface area contributed by atoms with Crippen LogP contribution in [0.5, 0.6) is 0 Å². The van der Waals surface area contributed by atoms with Crippen LogP contribution < -0.4 is 5.32 Å². The maximum Gasteiger partial charge on any atom is 0.0485 e. The Morgan fingerprint density at radius 1 is 0.667 bits per heavy atom. The van der Waals surface area contributed by atoms with Crippen molar-refractivity contribution in [3.05, 3.63) is 90.5 Å². The fourth-order valence-electron chi connectivity index (χ4n) is 2.54. The van der Waals surface area contributed by atoms with E-state index in [1.54, 1.807) is 0 Å². The Labute approximate surface area is 126 Å². The third kappa shape index (κ3) is 3.14. The highest BCUT2D eigenvalue weighted by Crippen LogP contribution is 2.30. The molecular weight excluding hydrogens is 254 g/mol. The van der Waals surface area contributed by atoms with Crippen LogP contribution in [0, 0.1) is 0 Å². The SMILES string of the molecule is C[C@@H](Nc1ccccc1-c1ccccc1)c1ccccc1. The monoisotopic (exact) mass is 273 g/mol. The molecule has 0 saturated heterocycles. The summed E-state index contributed by atoms with van der Waals surface area (Å²) in [7, 11) is 0. The van der Waals surface area contributed by atoms with Crippen molar-refractivity contribution in [2.24, 2.45) is 0 Å². The van der Waals surface area contributed by atoms with Gasteiger partial charge in [-0.25, -0.2) is 0 Å². The van der Waals surface area contributed by atoms with Crippen LogP contribution in [0.2, 0.25) is 0 Å². The molecule has 0 bridgehead atoms. The molecule has 1 nitrogen and oxygen atoms in total. The minimum atomic E-state index is 0.274. The number of rotatable bonds is 4. The van der Waals surface area contributed by atoms with Crippen molar-refractivity contribution < 1.29 is 0 Å². The molecule has 0 radical (unpaired) electrons. The average molecular weight is 273 g/mol.